The van der Waals surface area contributed by atoms with Gasteiger partial charge in [0.2, 0.25) is 5.91 Å². The number of benzene rings is 1. The first-order valence-electron chi connectivity index (χ1n) is 13.9. The fraction of sp³-hybridized carbons (Fsp3) is 0.344. The van der Waals surface area contributed by atoms with Crippen molar-refractivity contribution in [2.24, 2.45) is 0 Å². The highest BCUT2D eigenvalue weighted by molar-refractivity contribution is 6.33. The van der Waals surface area contributed by atoms with Crippen molar-refractivity contribution in [2.75, 3.05) is 18.0 Å². The van der Waals surface area contributed by atoms with E-state index in [2.05, 4.69) is 35.3 Å². The van der Waals surface area contributed by atoms with E-state index in [0.717, 1.165) is 22.4 Å². The Morgan fingerprint density at radius 2 is 1.85 bits per heavy atom. The van der Waals surface area contributed by atoms with Crippen LogP contribution in [0.3, 0.4) is 0 Å². The van der Waals surface area contributed by atoms with E-state index in [1.165, 1.54) is 6.08 Å². The summed E-state index contributed by atoms with van der Waals surface area (Å²) in [6.45, 7) is 16.7. The average Bonchev–Trinajstić information content (AvgIpc) is 2.93. The van der Waals surface area contributed by atoms with Crippen molar-refractivity contribution in [3.05, 3.63) is 87.6 Å². The molecule has 1 amide bonds. The Bertz CT molecular complexity index is 1730. The highest BCUT2D eigenvalue weighted by Gasteiger charge is 2.34. The molecule has 5 rings (SSSR count). The second-order valence-electron chi connectivity index (χ2n) is 11.2. The minimum absolute atomic E-state index is 0.0615. The van der Waals surface area contributed by atoms with E-state index in [4.69, 9.17) is 16.6 Å². The van der Waals surface area contributed by atoms with Crippen LogP contribution in [0.2, 0.25) is 5.02 Å². The standard InChI is InChI=1S/C32H35ClN6O2/c1-8-26(40)37-16-22(7)38(17-21(37)6)30-24-15-25(33)28(23-11-9-10-19(4)14-23)35-31(24)39(32(41)36-30)29-20(5)12-13-34-27(29)18(2)3/h8-15,18,21-22H,1,16-17H2,2-7H3/t21-,22+/m1/s1. The summed E-state index contributed by atoms with van der Waals surface area (Å²) >= 11 is 6.93. The fourth-order valence-corrected chi connectivity index (χ4v) is 5.91. The van der Waals surface area contributed by atoms with Crippen LogP contribution < -0.4 is 10.6 Å². The van der Waals surface area contributed by atoms with Gasteiger partial charge in [-0.2, -0.15) is 4.98 Å². The number of piperazine rings is 1. The van der Waals surface area contributed by atoms with Gasteiger partial charge in [0.25, 0.3) is 0 Å². The lowest BCUT2D eigenvalue weighted by atomic mass is 10.0. The maximum absolute atomic E-state index is 14.1. The summed E-state index contributed by atoms with van der Waals surface area (Å²) in [4.78, 5) is 44.8. The second-order valence-corrected chi connectivity index (χ2v) is 11.6. The normalized spacial score (nSPS) is 17.4. The molecule has 3 aromatic heterocycles. The van der Waals surface area contributed by atoms with Crippen molar-refractivity contribution in [2.45, 2.75) is 59.5 Å². The molecule has 9 heteroatoms. The summed E-state index contributed by atoms with van der Waals surface area (Å²) in [5.74, 6) is 0.452. The Labute approximate surface area is 245 Å². The number of aromatic nitrogens is 4. The van der Waals surface area contributed by atoms with E-state index in [0.29, 0.717) is 46.3 Å². The molecule has 4 aromatic rings. The van der Waals surface area contributed by atoms with Gasteiger partial charge in [0.15, 0.2) is 5.65 Å². The molecule has 0 unspecified atom stereocenters. The van der Waals surface area contributed by atoms with Crippen molar-refractivity contribution in [3.63, 3.8) is 0 Å². The smallest absolute Gasteiger partial charge is 0.349 e. The summed E-state index contributed by atoms with van der Waals surface area (Å²) in [5.41, 5.74) is 4.91. The van der Waals surface area contributed by atoms with Gasteiger partial charge in [-0.15, -0.1) is 0 Å². The van der Waals surface area contributed by atoms with Gasteiger partial charge in [0, 0.05) is 36.9 Å². The minimum Gasteiger partial charge on any atom is -0.349 e. The Hall–Kier alpha value is -4.04. The zero-order chi connectivity index (χ0) is 29.6. The van der Waals surface area contributed by atoms with Crippen LogP contribution in [0, 0.1) is 13.8 Å². The molecule has 0 bridgehead atoms. The molecular weight excluding hydrogens is 536 g/mol. The maximum atomic E-state index is 14.1. The van der Waals surface area contributed by atoms with E-state index in [9.17, 15) is 9.59 Å². The van der Waals surface area contributed by atoms with Crippen LogP contribution in [0.25, 0.3) is 28.0 Å². The summed E-state index contributed by atoms with van der Waals surface area (Å²) < 4.78 is 1.58. The topological polar surface area (TPSA) is 84.2 Å². The number of rotatable bonds is 5. The lowest BCUT2D eigenvalue weighted by molar-refractivity contribution is -0.128. The molecule has 8 nitrogen and oxygen atoms in total. The number of hydrogen-bond acceptors (Lipinski definition) is 6. The molecule has 212 valence electrons. The number of pyridine rings is 2. The van der Waals surface area contributed by atoms with Crippen LogP contribution in [0.5, 0.6) is 0 Å². The highest BCUT2D eigenvalue weighted by Crippen LogP contribution is 2.36. The summed E-state index contributed by atoms with van der Waals surface area (Å²) in [7, 11) is 0. The third-order valence-electron chi connectivity index (χ3n) is 7.73. The van der Waals surface area contributed by atoms with Crippen LogP contribution in [0.1, 0.15) is 50.4 Å². The molecule has 1 saturated heterocycles. The average molecular weight is 571 g/mol. The van der Waals surface area contributed by atoms with E-state index in [-0.39, 0.29) is 23.9 Å². The van der Waals surface area contributed by atoms with Crippen LogP contribution >= 0.6 is 11.6 Å². The summed E-state index contributed by atoms with van der Waals surface area (Å²) in [6.07, 6.45) is 3.10. The van der Waals surface area contributed by atoms with Gasteiger partial charge in [-0.3, -0.25) is 9.78 Å². The first-order valence-corrected chi connectivity index (χ1v) is 14.3. The lowest BCUT2D eigenvalue weighted by Crippen LogP contribution is -2.58. The summed E-state index contributed by atoms with van der Waals surface area (Å²) in [6, 6.07) is 11.5. The Morgan fingerprint density at radius 3 is 2.54 bits per heavy atom. The number of anilines is 1. The predicted molar refractivity (Wildman–Crippen MR) is 165 cm³/mol. The van der Waals surface area contributed by atoms with Crippen molar-refractivity contribution in [1.82, 2.24) is 24.4 Å². The van der Waals surface area contributed by atoms with Crippen molar-refractivity contribution < 1.29 is 4.79 Å². The molecule has 0 aliphatic carbocycles. The number of fused-ring (bicyclic) bond motifs is 1. The third-order valence-corrected chi connectivity index (χ3v) is 8.02. The number of carbonyl (C=O) groups excluding carboxylic acids is 1. The SMILES string of the molecule is C=CC(=O)N1C[C@H](C)N(c2nc(=O)n(-c3c(C)ccnc3C(C)C)c3nc(-c4cccc(C)c4)c(Cl)cc23)C[C@H]1C. The Morgan fingerprint density at radius 1 is 1.10 bits per heavy atom. The van der Waals surface area contributed by atoms with Crippen LogP contribution in [-0.2, 0) is 4.79 Å². The first kappa shape index (κ1) is 28.5. The number of aryl methyl sites for hydroxylation is 2. The van der Waals surface area contributed by atoms with Gasteiger partial charge >= 0.3 is 5.69 Å². The molecule has 0 N–H and O–H groups in total. The minimum atomic E-state index is -0.444. The first-order chi connectivity index (χ1) is 19.5. The highest BCUT2D eigenvalue weighted by atomic mass is 35.5. The van der Waals surface area contributed by atoms with Crippen LogP contribution in [-0.4, -0.2) is 55.5 Å². The number of carbonyl (C=O) groups is 1. The number of hydrogen-bond donors (Lipinski definition) is 0. The molecule has 0 saturated carbocycles. The zero-order valence-electron chi connectivity index (χ0n) is 24.3. The molecule has 1 aliphatic rings. The number of halogens is 1. The van der Waals surface area contributed by atoms with Crippen molar-refractivity contribution in [3.8, 4) is 16.9 Å². The largest absolute Gasteiger partial charge is 0.355 e. The monoisotopic (exact) mass is 570 g/mol. The third kappa shape index (κ3) is 5.12. The molecule has 1 aromatic carbocycles. The van der Waals surface area contributed by atoms with Crippen LogP contribution in [0.15, 0.2) is 60.0 Å². The Balaban J connectivity index is 1.82. The molecule has 0 spiro atoms. The molecule has 1 aliphatic heterocycles. The number of nitrogens with zero attached hydrogens (tertiary/aromatic N) is 6. The molecular formula is C32H35ClN6O2. The summed E-state index contributed by atoms with van der Waals surface area (Å²) in [5, 5.41) is 1.12. The molecule has 2 atom stereocenters. The quantitative estimate of drug-likeness (QED) is 0.280. The maximum Gasteiger partial charge on any atom is 0.355 e. The second kappa shape index (κ2) is 11.1. The molecule has 1 fully saturated rings. The van der Waals surface area contributed by atoms with Crippen molar-refractivity contribution in [1.29, 1.82) is 0 Å². The van der Waals surface area contributed by atoms with Gasteiger partial charge in [-0.05, 0) is 63.5 Å². The van der Waals surface area contributed by atoms with Gasteiger partial charge in [-0.1, -0.05) is 55.8 Å². The fourth-order valence-electron chi connectivity index (χ4n) is 5.65. The van der Waals surface area contributed by atoms with Crippen LogP contribution in [0.4, 0.5) is 5.82 Å². The van der Waals surface area contributed by atoms with E-state index in [1.54, 1.807) is 15.7 Å². The van der Waals surface area contributed by atoms with Gasteiger partial charge < -0.3 is 9.80 Å². The van der Waals surface area contributed by atoms with E-state index in [1.807, 2.05) is 64.1 Å². The predicted octanol–water partition coefficient (Wildman–Crippen LogP) is 5.85. The van der Waals surface area contributed by atoms with E-state index >= 15 is 0 Å². The van der Waals surface area contributed by atoms with E-state index < -0.39 is 5.69 Å². The zero-order valence-corrected chi connectivity index (χ0v) is 25.1. The lowest BCUT2D eigenvalue weighted by Gasteiger charge is -2.44. The number of amides is 1. The molecule has 0 radical (unpaired) electrons. The van der Waals surface area contributed by atoms with Crippen molar-refractivity contribution >= 4 is 34.4 Å². The van der Waals surface area contributed by atoms with Gasteiger partial charge in [0.05, 0.1) is 27.5 Å². The Kier molecular flexibility index (Phi) is 7.70. The van der Waals surface area contributed by atoms with Gasteiger partial charge in [0.1, 0.15) is 5.82 Å². The molecule has 41 heavy (non-hydrogen) atoms. The molecule has 4 heterocycles. The van der Waals surface area contributed by atoms with Gasteiger partial charge in [-0.25, -0.2) is 14.3 Å².